The van der Waals surface area contributed by atoms with Crippen molar-refractivity contribution in [1.29, 1.82) is 0 Å². The summed E-state index contributed by atoms with van der Waals surface area (Å²) in [6, 6.07) is 34.5. The van der Waals surface area contributed by atoms with Crippen LogP contribution < -0.4 is 14.8 Å². The van der Waals surface area contributed by atoms with Crippen LogP contribution in [0.2, 0.25) is 0 Å². The van der Waals surface area contributed by atoms with Gasteiger partial charge in [0.15, 0.2) is 29.4 Å². The number of imidazole rings is 1. The van der Waals surface area contributed by atoms with E-state index >= 15 is 4.39 Å². The molecule has 1 N–H and O–H groups in total. The molecule has 0 radical (unpaired) electrons. The van der Waals surface area contributed by atoms with Gasteiger partial charge in [0.2, 0.25) is 0 Å². The predicted octanol–water partition coefficient (Wildman–Crippen LogP) is 9.40. The molecule has 3 saturated heterocycles. The van der Waals surface area contributed by atoms with Gasteiger partial charge < -0.3 is 33.3 Å². The Kier molecular flexibility index (Phi) is 11.9. The summed E-state index contributed by atoms with van der Waals surface area (Å²) in [4.78, 5) is 26.7. The molecular formula is C49H52FN6O7P. The minimum atomic E-state index is -1.71. The second-order valence-corrected chi connectivity index (χ2v) is 18.5. The van der Waals surface area contributed by atoms with Crippen molar-refractivity contribution in [3.63, 3.8) is 0 Å². The highest BCUT2D eigenvalue weighted by Crippen LogP contribution is 2.64. The van der Waals surface area contributed by atoms with Crippen LogP contribution >= 0.6 is 8.53 Å². The van der Waals surface area contributed by atoms with Gasteiger partial charge in [-0.25, -0.2) is 24.0 Å². The van der Waals surface area contributed by atoms with Gasteiger partial charge in [0, 0.05) is 18.2 Å². The fraction of sp³-hybridized carbons (Fsp3) is 0.388. The van der Waals surface area contributed by atoms with Gasteiger partial charge in [0.25, 0.3) is 14.4 Å². The fourth-order valence-electron chi connectivity index (χ4n) is 10.2. The van der Waals surface area contributed by atoms with Gasteiger partial charge in [-0.15, -0.1) is 0 Å². The van der Waals surface area contributed by atoms with Crippen molar-refractivity contribution in [3.8, 4) is 11.5 Å². The van der Waals surface area contributed by atoms with E-state index in [1.807, 2.05) is 84.9 Å². The number of fused-ring (bicyclic) bond motifs is 2. The first kappa shape index (κ1) is 42.6. The quantitative estimate of drug-likeness (QED) is 0.0829. The molecule has 0 bridgehead atoms. The molecule has 3 aliphatic heterocycles. The Labute approximate surface area is 373 Å². The normalized spacial score (nSPS) is 26.1. The van der Waals surface area contributed by atoms with E-state index in [1.165, 1.54) is 25.5 Å². The maximum Gasteiger partial charge on any atom is 0.260 e. The molecule has 1 amide bonds. The number of halogens is 1. The Hall–Kier alpha value is -5.34. The van der Waals surface area contributed by atoms with Gasteiger partial charge in [0.05, 0.1) is 32.8 Å². The minimum absolute atomic E-state index is 0.0823. The number of carbonyl (C=O) groups is 1. The zero-order valence-corrected chi connectivity index (χ0v) is 37.0. The summed E-state index contributed by atoms with van der Waals surface area (Å²) in [6.07, 6.45) is 4.46. The van der Waals surface area contributed by atoms with Gasteiger partial charge in [-0.05, 0) is 91.6 Å². The first-order valence-electron chi connectivity index (χ1n) is 22.1. The number of amides is 1. The number of carbonyl (C=O) groups excluding carboxylic acids is 1. The number of hydrogen-bond acceptors (Lipinski definition) is 11. The molecule has 0 spiro atoms. The highest BCUT2D eigenvalue weighted by atomic mass is 31.2. The van der Waals surface area contributed by atoms with Crippen molar-refractivity contribution in [2.75, 3.05) is 32.7 Å². The van der Waals surface area contributed by atoms with Crippen LogP contribution in [0.1, 0.15) is 78.7 Å². The van der Waals surface area contributed by atoms with Crippen LogP contribution in [-0.2, 0) is 24.1 Å². The van der Waals surface area contributed by atoms with E-state index in [0.717, 1.165) is 48.9 Å². The molecule has 332 valence electrons. The zero-order chi connectivity index (χ0) is 43.8. The molecular weight excluding hydrogens is 835 g/mol. The number of nitrogens with one attached hydrogen (secondary N) is 1. The van der Waals surface area contributed by atoms with Crippen LogP contribution in [0, 0.1) is 5.92 Å². The summed E-state index contributed by atoms with van der Waals surface area (Å²) >= 11 is 0. The molecule has 2 aromatic heterocycles. The number of alkyl halides is 1. The minimum Gasteiger partial charge on any atom is -0.497 e. The summed E-state index contributed by atoms with van der Waals surface area (Å²) in [7, 11) is 1.61. The topological polar surface area (TPSA) is 131 Å². The summed E-state index contributed by atoms with van der Waals surface area (Å²) in [5.74, 6) is 1.63. The Morgan fingerprint density at radius 3 is 2.14 bits per heavy atom. The third kappa shape index (κ3) is 7.63. The number of ether oxygens (including phenoxy) is 4. The highest BCUT2D eigenvalue weighted by molar-refractivity contribution is 7.45. The van der Waals surface area contributed by atoms with Crippen molar-refractivity contribution in [1.82, 2.24) is 24.2 Å². The maximum atomic E-state index is 17.8. The molecule has 13 nitrogen and oxygen atoms in total. The predicted molar refractivity (Wildman–Crippen MR) is 240 cm³/mol. The number of nitrogens with zero attached hydrogens (tertiary/aromatic N) is 5. The van der Waals surface area contributed by atoms with E-state index in [2.05, 4.69) is 31.9 Å². The third-order valence-electron chi connectivity index (χ3n) is 13.6. The SMILES string of the molecule is COc1ccc(C(OC[C@H]2O[C@@H](n3cnc4c(NC(=O)c5ccccc5)ncnc43)[C@H](F)[C@@H]2O[P@]2O[C@](C)(C3CCCC3)[C@@H]3CCCN32)(c2ccccc2)c2ccc(OC)cc2)cc1. The smallest absolute Gasteiger partial charge is 0.260 e. The molecule has 4 aromatic carbocycles. The Morgan fingerprint density at radius 2 is 1.48 bits per heavy atom. The average Bonchev–Trinajstić information content (AvgIpc) is 4.21. The second-order valence-electron chi connectivity index (χ2n) is 17.1. The summed E-state index contributed by atoms with van der Waals surface area (Å²) < 4.78 is 61.1. The highest BCUT2D eigenvalue weighted by Gasteiger charge is 2.60. The van der Waals surface area contributed by atoms with Crippen molar-refractivity contribution >= 4 is 31.4 Å². The molecule has 1 aliphatic carbocycles. The average molecular weight is 887 g/mol. The molecule has 0 unspecified atom stereocenters. The zero-order valence-electron chi connectivity index (χ0n) is 36.1. The molecule has 6 aromatic rings. The van der Waals surface area contributed by atoms with Crippen LogP contribution in [0.5, 0.6) is 11.5 Å². The van der Waals surface area contributed by atoms with Gasteiger partial charge in [0.1, 0.15) is 35.6 Å². The summed E-state index contributed by atoms with van der Waals surface area (Å²) in [5, 5.41) is 2.85. The van der Waals surface area contributed by atoms with Gasteiger partial charge >= 0.3 is 0 Å². The maximum absolute atomic E-state index is 17.8. The van der Waals surface area contributed by atoms with Crippen molar-refractivity contribution in [2.45, 2.75) is 87.3 Å². The monoisotopic (exact) mass is 886 g/mol. The lowest BCUT2D eigenvalue weighted by molar-refractivity contribution is -0.0918. The van der Waals surface area contributed by atoms with Gasteiger partial charge in [-0.3, -0.25) is 9.36 Å². The molecule has 7 atom stereocenters. The summed E-state index contributed by atoms with van der Waals surface area (Å²) in [5.41, 5.74) is 1.95. The van der Waals surface area contributed by atoms with Crippen LogP contribution in [0.4, 0.5) is 10.2 Å². The first-order chi connectivity index (χ1) is 31.3. The van der Waals surface area contributed by atoms with Crippen molar-refractivity contribution in [3.05, 3.63) is 144 Å². The van der Waals surface area contributed by atoms with Gasteiger partial charge in [-0.2, -0.15) is 0 Å². The Balaban J connectivity index is 1.03. The van der Waals surface area contributed by atoms with E-state index in [0.29, 0.717) is 23.0 Å². The van der Waals surface area contributed by atoms with Crippen molar-refractivity contribution < 1.29 is 37.2 Å². The fourth-order valence-corrected chi connectivity index (χ4v) is 12.4. The molecule has 10 rings (SSSR count). The van der Waals surface area contributed by atoms with E-state index in [9.17, 15) is 4.79 Å². The van der Waals surface area contributed by atoms with Crippen LogP contribution in [-0.4, -0.2) is 87.5 Å². The lowest BCUT2D eigenvalue weighted by Crippen LogP contribution is -2.44. The standard InChI is InChI=1S/C49H52FN6O7P/c1-48(33-15-10-11-16-33)40-19-12-28-56(40)64(63-48)62-43-39(61-47(41(43)50)55-31-53-42-44(51-30-52-45(42)55)54-46(57)32-13-6-4-7-14-32)29-60-49(34-17-8-5-9-18-34,35-20-24-37(58-2)25-21-35)36-22-26-38(59-3)27-23-36/h4-9,13-14,17-18,20-27,30-31,33,39-41,43,47H,10-12,15-16,19,28-29H2,1-3H3,(H,51,52,54,57)/t39-,40+,41-,43-,47-,48-,64-/m1/s1. The number of rotatable bonds is 14. The first-order valence-corrected chi connectivity index (χ1v) is 23.2. The molecule has 64 heavy (non-hydrogen) atoms. The van der Waals surface area contributed by atoms with E-state index in [4.69, 9.17) is 28.0 Å². The largest absolute Gasteiger partial charge is 0.497 e. The van der Waals surface area contributed by atoms with E-state index in [-0.39, 0.29) is 35.5 Å². The van der Waals surface area contributed by atoms with Gasteiger partial charge in [-0.1, -0.05) is 85.6 Å². The number of methoxy groups -OCH3 is 2. The molecule has 4 fully saturated rings. The molecule has 1 saturated carbocycles. The van der Waals surface area contributed by atoms with Crippen molar-refractivity contribution in [2.24, 2.45) is 5.92 Å². The van der Waals surface area contributed by atoms with E-state index < -0.39 is 44.3 Å². The number of anilines is 1. The molecule has 4 aliphatic rings. The second kappa shape index (κ2) is 17.9. The lowest BCUT2D eigenvalue weighted by Gasteiger charge is -2.37. The van der Waals surface area contributed by atoms with Crippen LogP contribution in [0.25, 0.3) is 11.2 Å². The summed E-state index contributed by atoms with van der Waals surface area (Å²) in [6.45, 7) is 2.98. The molecule has 5 heterocycles. The molecule has 15 heteroatoms. The van der Waals surface area contributed by atoms with Crippen LogP contribution in [0.15, 0.2) is 122 Å². The lowest BCUT2D eigenvalue weighted by atomic mass is 9.80. The number of aromatic nitrogens is 4. The van der Waals surface area contributed by atoms with E-state index in [1.54, 1.807) is 43.1 Å². The van der Waals surface area contributed by atoms with Crippen LogP contribution in [0.3, 0.4) is 0 Å². The third-order valence-corrected chi connectivity index (χ3v) is 15.4. The Bertz CT molecular complexity index is 2500. The number of hydrogen-bond donors (Lipinski definition) is 1. The number of benzene rings is 4. The Morgan fingerprint density at radius 1 is 0.844 bits per heavy atom.